The van der Waals surface area contributed by atoms with Crippen molar-refractivity contribution >= 4 is 0 Å². The second-order valence-corrected chi connectivity index (χ2v) is 9.24. The molecule has 1 aliphatic heterocycles. The summed E-state index contributed by atoms with van der Waals surface area (Å²) >= 11 is 0. The van der Waals surface area contributed by atoms with E-state index < -0.39 is 11.4 Å². The molecule has 2 N–H and O–H groups in total. The first-order valence-electron chi connectivity index (χ1n) is 10.8. The topological polar surface area (TPSA) is 58.9 Å². The van der Waals surface area contributed by atoms with Gasteiger partial charge in [0.25, 0.3) is 0 Å². The first-order chi connectivity index (χ1) is 12.5. The van der Waals surface area contributed by atoms with Crippen molar-refractivity contribution in [3.8, 4) is 0 Å². The molecule has 4 aliphatic carbocycles. The number of fused-ring (bicyclic) bond motifs is 5. The van der Waals surface area contributed by atoms with Gasteiger partial charge in [0.15, 0.2) is 5.79 Å². The molecule has 0 amide bonds. The summed E-state index contributed by atoms with van der Waals surface area (Å²) in [6.45, 7) is 7.59. The molecule has 0 aromatic heterocycles. The molecule has 5 aliphatic rings. The van der Waals surface area contributed by atoms with Gasteiger partial charge in [-0.1, -0.05) is 32.4 Å². The highest BCUT2D eigenvalue weighted by molar-refractivity contribution is 5.28. The molecule has 1 spiro atoms. The Hall–Kier alpha value is -0.420. The van der Waals surface area contributed by atoms with E-state index in [4.69, 9.17) is 9.47 Å². The molecule has 6 atom stereocenters. The van der Waals surface area contributed by atoms with Crippen LogP contribution in [0, 0.1) is 23.2 Å². The average Bonchev–Trinajstić information content (AvgIpc) is 3.20. The fourth-order valence-corrected chi connectivity index (χ4v) is 6.88. The molecule has 3 saturated carbocycles. The van der Waals surface area contributed by atoms with E-state index in [0.717, 1.165) is 44.9 Å². The molecule has 4 heteroatoms. The van der Waals surface area contributed by atoms with Gasteiger partial charge in [0.05, 0.1) is 24.9 Å². The number of allylic oxidation sites excluding steroid dienone is 1. The smallest absolute Gasteiger partial charge is 0.171 e. The molecule has 148 valence electrons. The number of hydrogen-bond acceptors (Lipinski definition) is 4. The van der Waals surface area contributed by atoms with Gasteiger partial charge in [-0.3, -0.25) is 0 Å². The lowest BCUT2D eigenvalue weighted by Gasteiger charge is -2.56. The number of hydrogen-bond donors (Lipinski definition) is 2. The molecule has 1 heterocycles. The van der Waals surface area contributed by atoms with Crippen molar-refractivity contribution in [3.63, 3.8) is 0 Å². The maximum Gasteiger partial charge on any atom is 0.171 e. The second kappa shape index (κ2) is 6.58. The van der Waals surface area contributed by atoms with Crippen LogP contribution in [0.4, 0.5) is 0 Å². The Bertz CT molecular complexity index is 566. The number of aliphatic hydroxyl groups is 2. The summed E-state index contributed by atoms with van der Waals surface area (Å²) in [6, 6.07) is 0. The molecule has 5 rings (SSSR count). The monoisotopic (exact) mass is 364 g/mol. The first-order valence-corrected chi connectivity index (χ1v) is 10.8. The zero-order valence-electron chi connectivity index (χ0n) is 16.7. The van der Waals surface area contributed by atoms with Crippen LogP contribution in [0.15, 0.2) is 11.6 Å². The number of rotatable bonds is 0. The lowest BCUT2D eigenvalue weighted by atomic mass is 9.53. The SMILES string of the molecule is CC.CC12CC=C3C(CC[C@@]4(O)CC5(CCC34)OCCO5)C1CCC2O. The Labute approximate surface area is 158 Å². The highest BCUT2D eigenvalue weighted by Crippen LogP contribution is 2.62. The van der Waals surface area contributed by atoms with E-state index in [2.05, 4.69) is 13.0 Å². The van der Waals surface area contributed by atoms with E-state index in [1.165, 1.54) is 5.57 Å². The molecular weight excluding hydrogens is 328 g/mol. The zero-order chi connectivity index (χ0) is 18.6. The van der Waals surface area contributed by atoms with Gasteiger partial charge in [0.2, 0.25) is 0 Å². The molecule has 0 bridgehead atoms. The first kappa shape index (κ1) is 18.9. The van der Waals surface area contributed by atoms with E-state index >= 15 is 0 Å². The van der Waals surface area contributed by atoms with Crippen LogP contribution in [0.2, 0.25) is 0 Å². The van der Waals surface area contributed by atoms with Gasteiger partial charge < -0.3 is 19.7 Å². The summed E-state index contributed by atoms with van der Waals surface area (Å²) in [6.07, 6.45) is 9.65. The predicted molar refractivity (Wildman–Crippen MR) is 101 cm³/mol. The molecule has 26 heavy (non-hydrogen) atoms. The van der Waals surface area contributed by atoms with Crippen molar-refractivity contribution in [2.45, 2.75) is 89.6 Å². The average molecular weight is 365 g/mol. The van der Waals surface area contributed by atoms with Crippen molar-refractivity contribution in [2.75, 3.05) is 13.2 Å². The van der Waals surface area contributed by atoms with Crippen molar-refractivity contribution in [3.05, 3.63) is 11.6 Å². The lowest BCUT2D eigenvalue weighted by molar-refractivity contribution is -0.235. The molecule has 1 saturated heterocycles. The lowest BCUT2D eigenvalue weighted by Crippen LogP contribution is -2.56. The summed E-state index contributed by atoms with van der Waals surface area (Å²) in [5, 5.41) is 21.9. The predicted octanol–water partition coefficient (Wildman–Crippen LogP) is 3.80. The Morgan fingerprint density at radius 2 is 1.77 bits per heavy atom. The molecule has 0 aromatic rings. The third-order valence-electron chi connectivity index (χ3n) is 8.19. The van der Waals surface area contributed by atoms with Gasteiger partial charge in [-0.25, -0.2) is 0 Å². The standard InChI is InChI=1S/C20H30O4.C2H6/c1-18-7-4-14-13(15(18)2-3-17(18)21)5-8-19(22)12-20(9-6-16(14)19)23-10-11-24-20;1-2/h4,13,15-17,21-22H,2-3,5-12H2,1H3;1-2H3/t13?,15?,16?,17?,18?,19-;/m1./s1. The Balaban J connectivity index is 0.000000814. The van der Waals surface area contributed by atoms with Crippen LogP contribution in [-0.2, 0) is 9.47 Å². The van der Waals surface area contributed by atoms with Gasteiger partial charge in [-0.15, -0.1) is 0 Å². The fraction of sp³-hybridized carbons (Fsp3) is 0.909. The maximum absolute atomic E-state index is 11.5. The second-order valence-electron chi connectivity index (χ2n) is 9.24. The third kappa shape index (κ3) is 2.63. The number of ether oxygens (including phenoxy) is 2. The van der Waals surface area contributed by atoms with E-state index in [0.29, 0.717) is 31.5 Å². The van der Waals surface area contributed by atoms with Crippen LogP contribution in [0.3, 0.4) is 0 Å². The van der Waals surface area contributed by atoms with E-state index in [9.17, 15) is 10.2 Å². The third-order valence-corrected chi connectivity index (χ3v) is 8.19. The Morgan fingerprint density at radius 3 is 2.50 bits per heavy atom. The van der Waals surface area contributed by atoms with Crippen LogP contribution in [0.1, 0.15) is 72.1 Å². The van der Waals surface area contributed by atoms with Crippen LogP contribution in [-0.4, -0.2) is 40.9 Å². The summed E-state index contributed by atoms with van der Waals surface area (Å²) in [5.41, 5.74) is 0.876. The summed E-state index contributed by atoms with van der Waals surface area (Å²) in [7, 11) is 0. The minimum Gasteiger partial charge on any atom is -0.393 e. The quantitative estimate of drug-likeness (QED) is 0.642. The van der Waals surface area contributed by atoms with E-state index in [1.54, 1.807) is 0 Å². The molecule has 0 radical (unpaired) electrons. The van der Waals surface area contributed by atoms with Gasteiger partial charge in [0, 0.05) is 24.2 Å². The van der Waals surface area contributed by atoms with Gasteiger partial charge >= 0.3 is 0 Å². The molecule has 0 aromatic carbocycles. The van der Waals surface area contributed by atoms with E-state index in [1.807, 2.05) is 13.8 Å². The van der Waals surface area contributed by atoms with Crippen molar-refractivity contribution < 1.29 is 19.7 Å². The minimum absolute atomic E-state index is 0.0528. The summed E-state index contributed by atoms with van der Waals surface area (Å²) < 4.78 is 11.8. The highest BCUT2D eigenvalue weighted by Gasteiger charge is 2.60. The molecule has 4 fully saturated rings. The van der Waals surface area contributed by atoms with Crippen LogP contribution in [0.5, 0.6) is 0 Å². The van der Waals surface area contributed by atoms with Crippen LogP contribution >= 0.6 is 0 Å². The van der Waals surface area contributed by atoms with Gasteiger partial charge in [-0.2, -0.15) is 0 Å². The van der Waals surface area contributed by atoms with Gasteiger partial charge in [0.1, 0.15) is 0 Å². The van der Waals surface area contributed by atoms with Crippen LogP contribution < -0.4 is 0 Å². The van der Waals surface area contributed by atoms with Crippen molar-refractivity contribution in [1.82, 2.24) is 0 Å². The summed E-state index contributed by atoms with van der Waals surface area (Å²) in [5.74, 6) is 0.889. The normalized spacial score (nSPS) is 48.7. The van der Waals surface area contributed by atoms with E-state index in [-0.39, 0.29) is 17.4 Å². The molecule has 4 nitrogen and oxygen atoms in total. The van der Waals surface area contributed by atoms with Crippen molar-refractivity contribution in [2.24, 2.45) is 23.2 Å². The maximum atomic E-state index is 11.5. The number of aliphatic hydroxyl groups excluding tert-OH is 1. The minimum atomic E-state index is -0.671. The Kier molecular flexibility index (Phi) is 4.79. The highest BCUT2D eigenvalue weighted by atomic mass is 16.7. The Morgan fingerprint density at radius 1 is 1.04 bits per heavy atom. The zero-order valence-corrected chi connectivity index (χ0v) is 16.7. The fourth-order valence-electron chi connectivity index (χ4n) is 6.88. The molecular formula is C22H36O4. The molecule has 5 unspecified atom stereocenters. The van der Waals surface area contributed by atoms with Crippen LogP contribution in [0.25, 0.3) is 0 Å². The largest absolute Gasteiger partial charge is 0.393 e. The van der Waals surface area contributed by atoms with Gasteiger partial charge in [-0.05, 0) is 50.4 Å². The van der Waals surface area contributed by atoms with Crippen molar-refractivity contribution in [1.29, 1.82) is 0 Å². The summed E-state index contributed by atoms with van der Waals surface area (Å²) in [4.78, 5) is 0.